The van der Waals surface area contributed by atoms with E-state index in [0.717, 1.165) is 4.90 Å². The molecular formula is C20H22MnN3O5S3Y-. The average molecular weight is 624 g/mol. The van der Waals surface area contributed by atoms with Crippen LogP contribution < -0.4 is 9.62 Å². The summed E-state index contributed by atoms with van der Waals surface area (Å²) in [6, 6.07) is 11.5. The first-order valence-electron chi connectivity index (χ1n) is 9.05. The van der Waals surface area contributed by atoms with Gasteiger partial charge in [0.2, 0.25) is 0 Å². The first kappa shape index (κ1) is 32.3. The summed E-state index contributed by atoms with van der Waals surface area (Å²) < 4.78 is 27.5. The normalized spacial score (nSPS) is 15.1. The third-order valence-corrected chi connectivity index (χ3v) is 7.43. The Morgan fingerprint density at radius 3 is 2.45 bits per heavy atom. The van der Waals surface area contributed by atoms with E-state index in [2.05, 4.69) is 24.9 Å². The number of anilines is 1. The van der Waals surface area contributed by atoms with Gasteiger partial charge >= 0.3 is 17.1 Å². The number of carbonyl (C=O) groups excluding carboxylic acids is 1. The molecule has 2 radical (unpaired) electrons. The van der Waals surface area contributed by atoms with Gasteiger partial charge in [0.05, 0.1) is 10.6 Å². The topological polar surface area (TPSA) is 128 Å². The Balaban J connectivity index is 0.00000158. The van der Waals surface area contributed by atoms with Gasteiger partial charge in [-0.05, 0) is 29.3 Å². The first-order chi connectivity index (χ1) is 14.6. The third kappa shape index (κ3) is 8.47. The summed E-state index contributed by atoms with van der Waals surface area (Å²) in [6.07, 6.45) is 0. The molecule has 0 saturated carbocycles. The van der Waals surface area contributed by atoms with E-state index in [1.54, 1.807) is 30.3 Å². The van der Waals surface area contributed by atoms with E-state index in [1.807, 2.05) is 12.1 Å². The minimum Gasteiger partial charge on any atom is -0.783 e. The zero-order valence-electron chi connectivity index (χ0n) is 17.7. The Labute approximate surface area is 239 Å². The molecule has 2 aromatic rings. The summed E-state index contributed by atoms with van der Waals surface area (Å²) in [5, 5.41) is 10.0. The number of thioether (sulfide) groups is 1. The molecule has 0 aliphatic carbocycles. The number of aliphatic carboxylic acids is 1. The number of nitrogens with zero attached hydrogens (tertiary/aromatic N) is 1. The van der Waals surface area contributed by atoms with Gasteiger partial charge in [0.1, 0.15) is 0 Å². The molecule has 8 nitrogen and oxygen atoms in total. The van der Waals surface area contributed by atoms with E-state index in [4.69, 9.17) is 15.6 Å². The fraction of sp³-hybridized carbons (Fsp3) is 0.250. The van der Waals surface area contributed by atoms with Crippen LogP contribution in [-0.2, 0) is 82.0 Å². The second kappa shape index (κ2) is 14.6. The summed E-state index contributed by atoms with van der Waals surface area (Å²) in [5.74, 6) is -0.647. The molecule has 1 atom stereocenters. The number of amides is 1. The minimum atomic E-state index is -3.76. The number of rotatable bonds is 5. The molecule has 1 amide bonds. The van der Waals surface area contributed by atoms with Crippen LogP contribution in [0.2, 0.25) is 0 Å². The van der Waals surface area contributed by atoms with Gasteiger partial charge in [0, 0.05) is 56.9 Å². The van der Waals surface area contributed by atoms with Crippen LogP contribution in [0.4, 0.5) is 5.69 Å². The number of para-hydroxylation sites is 1. The predicted molar refractivity (Wildman–Crippen MR) is 124 cm³/mol. The van der Waals surface area contributed by atoms with Gasteiger partial charge in [-0.1, -0.05) is 36.1 Å². The molecule has 0 fully saturated rings. The van der Waals surface area contributed by atoms with E-state index in [1.165, 1.54) is 23.1 Å². The van der Waals surface area contributed by atoms with Gasteiger partial charge in [-0.15, -0.1) is 11.8 Å². The molecule has 2 aromatic carbocycles. The summed E-state index contributed by atoms with van der Waals surface area (Å²) in [5.41, 5.74) is 10.2. The summed E-state index contributed by atoms with van der Waals surface area (Å²) in [4.78, 5) is 21.0. The number of hydrogen-bond acceptors (Lipinski definition) is 6. The molecular weight excluding hydrogens is 602 g/mol. The van der Waals surface area contributed by atoms with Crippen LogP contribution >= 0.6 is 11.8 Å². The Morgan fingerprint density at radius 1 is 1.24 bits per heavy atom. The standard InChI is InChI=1S/C18H20N3O3S3.C2H3O2.Mn.Y/c1-21-15-5-3-2-4-13(15)18(19)14-7-6-12(10-16(14)27(21,23)24)26-9-8-20-17(22)11-25;1-2(3)4;;/h2-7,10,18-19,25H,8-9,11H2,1H3,(H,20,22);1H2,(H,3,4);;/q2*-1;+2;/p-1. The largest absolute Gasteiger partial charge is 2.00 e. The zero-order chi connectivity index (χ0) is 23.2. The SMILES string of the molecule is CN1c2ccccc2C([NH-])c2ccc(SCCNC(=O)C[S-])cc2S1(=O)=O.[CH2-]C(=O)O.[Mn+2].[Y]. The van der Waals surface area contributed by atoms with Crippen LogP contribution in [0.15, 0.2) is 52.3 Å². The number of carboxylic acid groups (broad SMARTS) is 1. The number of sulfonamides is 1. The monoisotopic (exact) mass is 624 g/mol. The zero-order valence-corrected chi connectivity index (χ0v) is 24.1. The minimum absolute atomic E-state index is 0. The first-order valence-corrected chi connectivity index (χ1v) is 12.0. The van der Waals surface area contributed by atoms with Crippen molar-refractivity contribution in [2.45, 2.75) is 15.8 Å². The molecule has 3 N–H and O–H groups in total. The van der Waals surface area contributed by atoms with Crippen molar-refractivity contribution in [2.75, 3.05) is 29.4 Å². The number of hydrogen-bond donors (Lipinski definition) is 2. The van der Waals surface area contributed by atoms with E-state index < -0.39 is 22.0 Å². The van der Waals surface area contributed by atoms with E-state index in [0.29, 0.717) is 29.1 Å². The summed E-state index contributed by atoms with van der Waals surface area (Å²) in [7, 11) is -2.24. The second-order valence-corrected chi connectivity index (χ2v) is 9.80. The average Bonchev–Trinajstić information content (AvgIpc) is 2.80. The van der Waals surface area contributed by atoms with Crippen molar-refractivity contribution in [1.29, 1.82) is 0 Å². The van der Waals surface area contributed by atoms with Crippen LogP contribution in [0.1, 0.15) is 17.2 Å². The fourth-order valence-electron chi connectivity index (χ4n) is 2.94. The molecule has 1 unspecified atom stereocenters. The number of carbonyl (C=O) groups is 2. The van der Waals surface area contributed by atoms with E-state index in [9.17, 15) is 13.2 Å². The Kier molecular flexibility index (Phi) is 14.3. The van der Waals surface area contributed by atoms with Crippen molar-refractivity contribution < 1.29 is 72.9 Å². The van der Waals surface area contributed by atoms with Crippen molar-refractivity contribution in [1.82, 2.24) is 5.32 Å². The van der Waals surface area contributed by atoms with E-state index >= 15 is 0 Å². The van der Waals surface area contributed by atoms with Crippen molar-refractivity contribution >= 4 is 52.0 Å². The maximum absolute atomic E-state index is 13.1. The molecule has 13 heteroatoms. The van der Waals surface area contributed by atoms with Crippen LogP contribution in [0, 0.1) is 6.92 Å². The molecule has 0 saturated heterocycles. The van der Waals surface area contributed by atoms with Gasteiger partial charge in [-0.2, -0.15) is 0 Å². The number of benzene rings is 2. The van der Waals surface area contributed by atoms with Gasteiger partial charge in [-0.25, -0.2) is 8.42 Å². The van der Waals surface area contributed by atoms with Crippen LogP contribution in [-0.4, -0.2) is 50.5 Å². The summed E-state index contributed by atoms with van der Waals surface area (Å²) >= 11 is 6.11. The molecule has 33 heavy (non-hydrogen) atoms. The molecule has 0 spiro atoms. The third-order valence-electron chi connectivity index (χ3n) is 4.35. The maximum Gasteiger partial charge on any atom is 2.00 e. The van der Waals surface area contributed by atoms with Gasteiger partial charge in [-0.3, -0.25) is 20.8 Å². The number of fused-ring (bicyclic) bond motifs is 2. The molecule has 1 aliphatic heterocycles. The quantitative estimate of drug-likeness (QED) is 0.172. The smallest absolute Gasteiger partial charge is 0.783 e. The van der Waals surface area contributed by atoms with Gasteiger partial charge in [0.25, 0.3) is 10.0 Å². The van der Waals surface area contributed by atoms with Crippen molar-refractivity contribution in [3.63, 3.8) is 0 Å². The number of carboxylic acids is 1. The van der Waals surface area contributed by atoms with Gasteiger partial charge < -0.3 is 28.8 Å². The molecule has 0 aromatic heterocycles. The molecule has 176 valence electrons. The van der Waals surface area contributed by atoms with Crippen LogP contribution in [0.5, 0.6) is 0 Å². The Morgan fingerprint density at radius 2 is 1.85 bits per heavy atom. The van der Waals surface area contributed by atoms with Crippen molar-refractivity contribution in [2.24, 2.45) is 0 Å². The maximum atomic E-state index is 13.1. The molecule has 3 rings (SSSR count). The Bertz CT molecular complexity index is 1070. The van der Waals surface area contributed by atoms with Crippen molar-refractivity contribution in [3.8, 4) is 0 Å². The van der Waals surface area contributed by atoms with Crippen LogP contribution in [0.25, 0.3) is 5.73 Å². The predicted octanol–water partition coefficient (Wildman–Crippen LogP) is 2.62. The molecule has 1 aliphatic rings. The molecule has 0 bridgehead atoms. The number of nitrogens with one attached hydrogen (secondary N) is 2. The fourth-order valence-corrected chi connectivity index (χ4v) is 5.40. The van der Waals surface area contributed by atoms with Crippen LogP contribution in [0.3, 0.4) is 0 Å². The van der Waals surface area contributed by atoms with E-state index in [-0.39, 0.29) is 66.3 Å². The van der Waals surface area contributed by atoms with Gasteiger partial charge in [0.15, 0.2) is 11.9 Å². The molecule has 1 heterocycles. The summed E-state index contributed by atoms with van der Waals surface area (Å²) in [6.45, 7) is 3.01. The second-order valence-electron chi connectivity index (χ2n) is 6.40. The Hall–Kier alpha value is -0.717. The van der Waals surface area contributed by atoms with Crippen molar-refractivity contribution in [3.05, 3.63) is 66.2 Å².